The molecule has 0 spiro atoms. The van der Waals surface area contributed by atoms with Crippen LogP contribution in [0.5, 0.6) is 0 Å². The molecule has 0 heteroatoms. The van der Waals surface area contributed by atoms with Crippen LogP contribution < -0.4 is 0 Å². The number of rotatable bonds is 6. The highest BCUT2D eigenvalue weighted by Crippen LogP contribution is 1.85. The van der Waals surface area contributed by atoms with Crippen LogP contribution in [-0.4, -0.2) is 0 Å². The molecule has 0 fully saturated rings. The molecule has 0 unspecified atom stereocenters. The van der Waals surface area contributed by atoms with E-state index < -0.39 is 0 Å². The lowest BCUT2D eigenvalue weighted by molar-refractivity contribution is 1.22. The molecule has 0 aliphatic carbocycles. The average Bonchev–Trinajstić information content (AvgIpc) is 2.21. The molecular weight excluding hydrogens is 168 g/mol. The van der Waals surface area contributed by atoms with Crippen LogP contribution in [0.25, 0.3) is 0 Å². The molecule has 0 heterocycles. The summed E-state index contributed by atoms with van der Waals surface area (Å²) in [7, 11) is 0. The molecule has 75 valence electrons. The summed E-state index contributed by atoms with van der Waals surface area (Å²) in [5.74, 6) is 0. The standard InChI is InChI=1S/C14H19/c1-3-5-7-9-11-13-14-12-10-8-6-4-2/h5-14H,1,3-4H2,2H3. The first kappa shape index (κ1) is 12.7. The lowest BCUT2D eigenvalue weighted by Gasteiger charge is -1.75. The highest BCUT2D eigenvalue weighted by Gasteiger charge is 1.64. The highest BCUT2D eigenvalue weighted by molar-refractivity contribution is 5.17. The van der Waals surface area contributed by atoms with Crippen LogP contribution in [0.4, 0.5) is 0 Å². The van der Waals surface area contributed by atoms with E-state index in [1.165, 1.54) is 0 Å². The Morgan fingerprint density at radius 3 is 1.57 bits per heavy atom. The number of allylic oxidation sites excluding steroid dienone is 10. The molecule has 14 heavy (non-hydrogen) atoms. The molecule has 0 saturated heterocycles. The van der Waals surface area contributed by atoms with E-state index in [1.54, 1.807) is 0 Å². The molecule has 0 amide bonds. The van der Waals surface area contributed by atoms with Crippen molar-refractivity contribution < 1.29 is 0 Å². The SMILES string of the molecule is [CH2]CC=CC=CC=CC=CC=CCC. The third-order valence-corrected chi connectivity index (χ3v) is 1.45. The fourth-order valence-electron chi connectivity index (χ4n) is 0.774. The Labute approximate surface area is 88.0 Å². The van der Waals surface area contributed by atoms with Gasteiger partial charge in [0.05, 0.1) is 0 Å². The Morgan fingerprint density at radius 2 is 1.14 bits per heavy atom. The van der Waals surface area contributed by atoms with Crippen LogP contribution >= 0.6 is 0 Å². The maximum atomic E-state index is 3.70. The predicted octanol–water partition coefficient (Wildman–Crippen LogP) is 4.40. The minimum atomic E-state index is 0.843. The summed E-state index contributed by atoms with van der Waals surface area (Å²) in [5.41, 5.74) is 0. The second-order valence-corrected chi connectivity index (χ2v) is 2.71. The van der Waals surface area contributed by atoms with Gasteiger partial charge in [-0.05, 0) is 19.8 Å². The van der Waals surface area contributed by atoms with Crippen LogP contribution in [0.3, 0.4) is 0 Å². The van der Waals surface area contributed by atoms with Gasteiger partial charge in [0.15, 0.2) is 0 Å². The van der Waals surface area contributed by atoms with E-state index in [-0.39, 0.29) is 0 Å². The fraction of sp³-hybridized carbons (Fsp3) is 0.214. The summed E-state index contributed by atoms with van der Waals surface area (Å²) in [6.07, 6.45) is 22.2. The Kier molecular flexibility index (Phi) is 10.6. The van der Waals surface area contributed by atoms with Crippen molar-refractivity contribution in [2.24, 2.45) is 0 Å². The van der Waals surface area contributed by atoms with Gasteiger partial charge in [0.1, 0.15) is 0 Å². The minimum absolute atomic E-state index is 0.843. The van der Waals surface area contributed by atoms with Gasteiger partial charge in [0, 0.05) is 0 Å². The van der Waals surface area contributed by atoms with E-state index in [0.717, 1.165) is 12.8 Å². The van der Waals surface area contributed by atoms with E-state index >= 15 is 0 Å². The van der Waals surface area contributed by atoms with Crippen LogP contribution in [0.1, 0.15) is 19.8 Å². The molecule has 0 atom stereocenters. The van der Waals surface area contributed by atoms with Crippen molar-refractivity contribution in [3.63, 3.8) is 0 Å². The van der Waals surface area contributed by atoms with Crippen LogP contribution in [0, 0.1) is 6.92 Å². The summed E-state index contributed by atoms with van der Waals surface area (Å²) < 4.78 is 0. The first-order valence-corrected chi connectivity index (χ1v) is 5.02. The van der Waals surface area contributed by atoms with Gasteiger partial charge in [-0.2, -0.15) is 0 Å². The second-order valence-electron chi connectivity index (χ2n) is 2.71. The smallest absolute Gasteiger partial charge is 0.0347 e. The first-order chi connectivity index (χ1) is 6.91. The van der Waals surface area contributed by atoms with Crippen molar-refractivity contribution in [1.29, 1.82) is 0 Å². The molecule has 0 aromatic carbocycles. The molecule has 0 bridgehead atoms. The van der Waals surface area contributed by atoms with Gasteiger partial charge in [-0.1, -0.05) is 67.7 Å². The highest BCUT2D eigenvalue weighted by atomic mass is 13.7. The predicted molar refractivity (Wildman–Crippen MR) is 66.0 cm³/mol. The zero-order valence-electron chi connectivity index (χ0n) is 8.89. The van der Waals surface area contributed by atoms with Gasteiger partial charge >= 0.3 is 0 Å². The molecule has 0 aliphatic rings. The number of hydrogen-bond acceptors (Lipinski definition) is 0. The lowest BCUT2D eigenvalue weighted by atomic mass is 10.3. The molecule has 0 nitrogen and oxygen atoms in total. The second kappa shape index (κ2) is 11.7. The fourth-order valence-corrected chi connectivity index (χ4v) is 0.774. The van der Waals surface area contributed by atoms with E-state index in [9.17, 15) is 0 Å². The zero-order chi connectivity index (χ0) is 10.5. The Balaban J connectivity index is 3.62. The van der Waals surface area contributed by atoms with Crippen molar-refractivity contribution in [2.75, 3.05) is 0 Å². The van der Waals surface area contributed by atoms with Gasteiger partial charge in [-0.25, -0.2) is 0 Å². The molecular formula is C14H19. The van der Waals surface area contributed by atoms with Gasteiger partial charge in [0.25, 0.3) is 0 Å². The third-order valence-electron chi connectivity index (χ3n) is 1.45. The number of hydrogen-bond donors (Lipinski definition) is 0. The van der Waals surface area contributed by atoms with Crippen molar-refractivity contribution in [1.82, 2.24) is 0 Å². The van der Waals surface area contributed by atoms with E-state index in [4.69, 9.17) is 0 Å². The molecule has 0 saturated carbocycles. The van der Waals surface area contributed by atoms with Crippen molar-refractivity contribution in [3.8, 4) is 0 Å². The summed E-state index contributed by atoms with van der Waals surface area (Å²) in [4.78, 5) is 0. The molecule has 0 aliphatic heterocycles. The van der Waals surface area contributed by atoms with Gasteiger partial charge in [0.2, 0.25) is 0 Å². The maximum absolute atomic E-state index is 3.70. The molecule has 0 N–H and O–H groups in total. The summed E-state index contributed by atoms with van der Waals surface area (Å²) >= 11 is 0. The van der Waals surface area contributed by atoms with Crippen LogP contribution in [0.2, 0.25) is 0 Å². The monoisotopic (exact) mass is 187 g/mol. The summed E-state index contributed by atoms with van der Waals surface area (Å²) in [5, 5.41) is 0. The first-order valence-electron chi connectivity index (χ1n) is 5.02. The molecule has 0 aromatic rings. The lowest BCUT2D eigenvalue weighted by Crippen LogP contribution is -1.54. The largest absolute Gasteiger partial charge is 0.0848 e. The Bertz CT molecular complexity index is 211. The quantitative estimate of drug-likeness (QED) is 0.541. The summed E-state index contributed by atoms with van der Waals surface area (Å²) in [6.45, 7) is 5.83. The Hall–Kier alpha value is -1.30. The van der Waals surface area contributed by atoms with E-state index in [0.29, 0.717) is 0 Å². The van der Waals surface area contributed by atoms with E-state index in [2.05, 4.69) is 26.0 Å². The van der Waals surface area contributed by atoms with Gasteiger partial charge in [-0.15, -0.1) is 0 Å². The van der Waals surface area contributed by atoms with Crippen molar-refractivity contribution >= 4 is 0 Å². The van der Waals surface area contributed by atoms with Crippen molar-refractivity contribution in [2.45, 2.75) is 19.8 Å². The van der Waals surface area contributed by atoms with Crippen molar-refractivity contribution in [3.05, 3.63) is 67.7 Å². The van der Waals surface area contributed by atoms with Gasteiger partial charge in [-0.3, -0.25) is 0 Å². The van der Waals surface area contributed by atoms with Crippen LogP contribution in [0.15, 0.2) is 60.8 Å². The molecule has 0 rings (SSSR count). The topological polar surface area (TPSA) is 0 Å². The molecule has 0 aromatic heterocycles. The summed E-state index contributed by atoms with van der Waals surface area (Å²) in [6, 6.07) is 0. The van der Waals surface area contributed by atoms with Gasteiger partial charge < -0.3 is 0 Å². The normalized spacial score (nSPS) is 13.6. The molecule has 1 radical (unpaired) electrons. The average molecular weight is 187 g/mol. The zero-order valence-corrected chi connectivity index (χ0v) is 8.89. The van der Waals surface area contributed by atoms with Crippen LogP contribution in [-0.2, 0) is 0 Å². The maximum Gasteiger partial charge on any atom is -0.0347 e. The third kappa shape index (κ3) is 10.7. The Morgan fingerprint density at radius 1 is 0.714 bits per heavy atom. The van der Waals surface area contributed by atoms with E-state index in [1.807, 2.05) is 48.6 Å². The minimum Gasteiger partial charge on any atom is -0.0848 e.